The highest BCUT2D eigenvalue weighted by molar-refractivity contribution is 8.25. The smallest absolute Gasteiger partial charge is 0.0405 e. The van der Waals surface area contributed by atoms with E-state index >= 15 is 0 Å². The second-order valence-electron chi connectivity index (χ2n) is 7.99. The Labute approximate surface area is 168 Å². The number of likely N-dealkylation sites (N-methyl/N-ethyl adjacent to an activating group) is 1. The number of fused-ring (bicyclic) bond motifs is 1. The van der Waals surface area contributed by atoms with Crippen molar-refractivity contribution in [1.29, 1.82) is 0 Å². The van der Waals surface area contributed by atoms with Gasteiger partial charge in [-0.25, -0.2) is 0 Å². The van der Waals surface area contributed by atoms with E-state index in [9.17, 15) is 0 Å². The van der Waals surface area contributed by atoms with Crippen LogP contribution in [0.1, 0.15) is 26.3 Å². The molecule has 3 aromatic carbocycles. The molecule has 138 valence electrons. The van der Waals surface area contributed by atoms with Crippen molar-refractivity contribution in [1.82, 2.24) is 0 Å². The summed E-state index contributed by atoms with van der Waals surface area (Å²) in [6.07, 6.45) is 0. The van der Waals surface area contributed by atoms with Crippen LogP contribution in [0.15, 0.2) is 78.9 Å². The minimum absolute atomic E-state index is 0.105. The Bertz CT molecular complexity index is 968. The van der Waals surface area contributed by atoms with Gasteiger partial charge in [0.15, 0.2) is 0 Å². The van der Waals surface area contributed by atoms with Gasteiger partial charge in [-0.2, -0.15) is 0 Å². The lowest BCUT2D eigenvalue weighted by atomic mass is 9.81. The molecule has 1 aliphatic rings. The first-order valence-electron chi connectivity index (χ1n) is 9.46. The van der Waals surface area contributed by atoms with Gasteiger partial charge < -0.3 is 4.90 Å². The van der Waals surface area contributed by atoms with Crippen LogP contribution in [-0.2, 0) is 17.2 Å². The van der Waals surface area contributed by atoms with Crippen molar-refractivity contribution in [3.63, 3.8) is 0 Å². The van der Waals surface area contributed by atoms with Crippen LogP contribution in [0, 0.1) is 0 Å². The number of nitrogens with zero attached hydrogens (tertiary/aromatic N) is 1. The summed E-state index contributed by atoms with van der Waals surface area (Å²) >= 11 is 6.50. The molecule has 3 heteroatoms. The van der Waals surface area contributed by atoms with Crippen LogP contribution in [0.5, 0.6) is 0 Å². The van der Waals surface area contributed by atoms with Crippen molar-refractivity contribution in [2.45, 2.75) is 32.2 Å². The number of hydrogen-bond acceptors (Lipinski definition) is 2. The summed E-state index contributed by atoms with van der Waals surface area (Å²) in [5.74, 6) is 0. The Morgan fingerprint density at radius 3 is 1.85 bits per heavy atom. The average Bonchev–Trinajstić information content (AvgIpc) is 2.89. The lowest BCUT2D eigenvalue weighted by Crippen LogP contribution is -2.36. The van der Waals surface area contributed by atoms with E-state index in [0.29, 0.717) is 6.04 Å². The van der Waals surface area contributed by atoms with Crippen LogP contribution in [-0.4, -0.2) is 13.1 Å². The normalized spacial score (nSPS) is 18.4. The minimum atomic E-state index is -2.09. The molecule has 1 heterocycles. The summed E-state index contributed by atoms with van der Waals surface area (Å²) in [5, 5.41) is 3.79. The fraction of sp³-hybridized carbons (Fsp3) is 0.250. The lowest BCUT2D eigenvalue weighted by Gasteiger charge is -2.29. The Kier molecular flexibility index (Phi) is 4.53. The molecule has 0 bridgehead atoms. The van der Waals surface area contributed by atoms with Gasteiger partial charge in [0.2, 0.25) is 0 Å². The molecule has 0 fully saturated rings. The third-order valence-electron chi connectivity index (χ3n) is 6.28. The van der Waals surface area contributed by atoms with Crippen molar-refractivity contribution in [3.8, 4) is 0 Å². The third-order valence-corrected chi connectivity index (χ3v) is 11.2. The third kappa shape index (κ3) is 2.78. The minimum Gasteiger partial charge on any atom is -0.371 e. The summed E-state index contributed by atoms with van der Waals surface area (Å²) in [5.41, 5.74) is 2.85. The standard InChI is InChI=1S/C24H26NPS/c1-18-24(2,3)22-17-21(15-16-23(22)25(18)4)26(27,19-11-7-5-8-12-19)20-13-9-6-10-14-20/h5-18H,1-4H3. The summed E-state index contributed by atoms with van der Waals surface area (Å²) in [6, 6.07) is 26.7. The molecule has 0 aromatic heterocycles. The maximum Gasteiger partial charge on any atom is 0.0405 e. The summed E-state index contributed by atoms with van der Waals surface area (Å²) in [6.45, 7) is 7.00. The Morgan fingerprint density at radius 2 is 1.33 bits per heavy atom. The SMILES string of the molecule is CC1N(C)c2ccc(P(=S)(c3ccccc3)c3ccccc3)cc2C1(C)C. The van der Waals surface area contributed by atoms with E-state index in [1.165, 1.54) is 27.2 Å². The van der Waals surface area contributed by atoms with E-state index in [2.05, 4.69) is 112 Å². The molecular formula is C24H26NPS. The Hall–Kier alpha value is -1.89. The predicted octanol–water partition coefficient (Wildman–Crippen LogP) is 4.56. The van der Waals surface area contributed by atoms with Gasteiger partial charge in [-0.3, -0.25) is 0 Å². The summed E-state index contributed by atoms with van der Waals surface area (Å²) in [7, 11) is 2.20. The van der Waals surface area contributed by atoms with Crippen molar-refractivity contribution in [2.75, 3.05) is 11.9 Å². The second-order valence-corrected chi connectivity index (χ2v) is 12.4. The molecule has 0 saturated heterocycles. The second kappa shape index (κ2) is 6.62. The van der Waals surface area contributed by atoms with Crippen molar-refractivity contribution >= 4 is 39.4 Å². The van der Waals surface area contributed by atoms with Crippen LogP contribution in [0.4, 0.5) is 5.69 Å². The lowest BCUT2D eigenvalue weighted by molar-refractivity contribution is 0.454. The highest BCUT2D eigenvalue weighted by Crippen LogP contribution is 2.48. The molecular weight excluding hydrogens is 365 g/mol. The molecule has 0 amide bonds. The van der Waals surface area contributed by atoms with Crippen molar-refractivity contribution in [3.05, 3.63) is 84.4 Å². The van der Waals surface area contributed by atoms with Gasteiger partial charge >= 0.3 is 0 Å². The van der Waals surface area contributed by atoms with Crippen molar-refractivity contribution in [2.24, 2.45) is 0 Å². The molecule has 0 aliphatic carbocycles. The molecule has 1 atom stereocenters. The van der Waals surface area contributed by atoms with Gasteiger partial charge in [0.25, 0.3) is 0 Å². The van der Waals surface area contributed by atoms with Gasteiger partial charge in [-0.05, 0) is 40.5 Å². The molecule has 1 aliphatic heterocycles. The molecule has 0 radical (unpaired) electrons. The van der Waals surface area contributed by atoms with Crippen LogP contribution in [0.2, 0.25) is 0 Å². The maximum atomic E-state index is 6.50. The summed E-state index contributed by atoms with van der Waals surface area (Å²) in [4.78, 5) is 2.40. The fourth-order valence-electron chi connectivity index (χ4n) is 4.18. The van der Waals surface area contributed by atoms with Gasteiger partial charge in [-0.1, -0.05) is 92.4 Å². The molecule has 1 unspecified atom stereocenters. The molecule has 1 nitrogen and oxygen atoms in total. The maximum absolute atomic E-state index is 6.50. The highest BCUT2D eigenvalue weighted by atomic mass is 32.4. The van der Waals surface area contributed by atoms with Crippen LogP contribution in [0.3, 0.4) is 0 Å². The molecule has 0 saturated carbocycles. The van der Waals surface area contributed by atoms with E-state index < -0.39 is 6.04 Å². The van der Waals surface area contributed by atoms with E-state index in [1.54, 1.807) is 0 Å². The van der Waals surface area contributed by atoms with E-state index in [1.807, 2.05) is 0 Å². The number of anilines is 1. The van der Waals surface area contributed by atoms with Gasteiger partial charge in [-0.15, -0.1) is 0 Å². The van der Waals surface area contributed by atoms with Gasteiger partial charge in [0.1, 0.15) is 0 Å². The zero-order chi connectivity index (χ0) is 19.2. The zero-order valence-corrected chi connectivity index (χ0v) is 18.1. The average molecular weight is 392 g/mol. The predicted molar refractivity (Wildman–Crippen MR) is 123 cm³/mol. The van der Waals surface area contributed by atoms with Crippen LogP contribution < -0.4 is 20.8 Å². The van der Waals surface area contributed by atoms with Crippen LogP contribution in [0.25, 0.3) is 0 Å². The quantitative estimate of drug-likeness (QED) is 0.602. The van der Waals surface area contributed by atoms with E-state index in [0.717, 1.165) is 0 Å². The number of benzene rings is 3. The number of hydrogen-bond donors (Lipinski definition) is 0. The fourth-order valence-corrected chi connectivity index (χ4v) is 7.93. The van der Waals surface area contributed by atoms with Gasteiger partial charge in [0, 0.05) is 30.2 Å². The molecule has 0 N–H and O–H groups in total. The van der Waals surface area contributed by atoms with E-state index in [-0.39, 0.29) is 5.41 Å². The first-order valence-corrected chi connectivity index (χ1v) is 12.3. The Morgan fingerprint density at radius 1 is 0.815 bits per heavy atom. The monoisotopic (exact) mass is 391 g/mol. The topological polar surface area (TPSA) is 3.24 Å². The largest absolute Gasteiger partial charge is 0.371 e. The number of rotatable bonds is 3. The zero-order valence-electron chi connectivity index (χ0n) is 16.4. The highest BCUT2D eigenvalue weighted by Gasteiger charge is 2.41. The van der Waals surface area contributed by atoms with E-state index in [4.69, 9.17) is 11.8 Å². The first-order chi connectivity index (χ1) is 12.9. The Balaban J connectivity index is 1.97. The molecule has 27 heavy (non-hydrogen) atoms. The van der Waals surface area contributed by atoms with Crippen molar-refractivity contribution < 1.29 is 0 Å². The molecule has 0 spiro atoms. The van der Waals surface area contributed by atoms with Crippen LogP contribution >= 0.6 is 6.04 Å². The molecule has 3 aromatic rings. The first kappa shape index (κ1) is 18.5. The molecule has 4 rings (SSSR count). The summed E-state index contributed by atoms with van der Waals surface area (Å²) < 4.78 is 0. The van der Waals surface area contributed by atoms with Gasteiger partial charge in [0.05, 0.1) is 0 Å².